The van der Waals surface area contributed by atoms with Gasteiger partial charge in [0, 0.05) is 0 Å². The number of anilines is 1. The summed E-state index contributed by atoms with van der Waals surface area (Å²) in [5.74, 6) is -3.77. The summed E-state index contributed by atoms with van der Waals surface area (Å²) in [6.45, 7) is -0.330. The number of hydrogen-bond acceptors (Lipinski definition) is 5. The van der Waals surface area contributed by atoms with Crippen LogP contribution in [-0.4, -0.2) is 38.6 Å². The SMILES string of the molecule is C[C@H](O)c1nc(-c2cc(OCC(F)(F)F)c(C(=O)Nc3c(F)cccc3Cl)cc2F)nn1C1CC1. The molecule has 0 unspecified atom stereocenters. The van der Waals surface area contributed by atoms with Gasteiger partial charge in [0.25, 0.3) is 5.91 Å². The molecule has 1 fully saturated rings. The van der Waals surface area contributed by atoms with E-state index in [4.69, 9.17) is 16.3 Å². The van der Waals surface area contributed by atoms with Crippen molar-refractivity contribution in [2.45, 2.75) is 38.1 Å². The number of para-hydroxylation sites is 1. The first-order valence-corrected chi connectivity index (χ1v) is 10.8. The smallest absolute Gasteiger partial charge is 0.422 e. The highest BCUT2D eigenvalue weighted by atomic mass is 35.5. The number of aliphatic hydroxyl groups is 1. The fourth-order valence-corrected chi connectivity index (χ4v) is 3.51. The molecule has 7 nitrogen and oxygen atoms in total. The first-order valence-electron chi connectivity index (χ1n) is 10.4. The maximum absolute atomic E-state index is 15.1. The molecule has 35 heavy (non-hydrogen) atoms. The molecule has 0 bridgehead atoms. The summed E-state index contributed by atoms with van der Waals surface area (Å²) >= 11 is 5.88. The molecular formula is C22H18ClF5N4O3. The van der Waals surface area contributed by atoms with Crippen LogP contribution in [0, 0.1) is 11.6 Å². The molecule has 13 heteroatoms. The molecule has 2 aromatic carbocycles. The predicted molar refractivity (Wildman–Crippen MR) is 115 cm³/mol. The minimum atomic E-state index is -4.76. The molecule has 1 aromatic heterocycles. The molecule has 3 aromatic rings. The molecule has 2 N–H and O–H groups in total. The number of nitrogens with one attached hydrogen (secondary N) is 1. The summed E-state index contributed by atoms with van der Waals surface area (Å²) in [5, 5.41) is 16.1. The van der Waals surface area contributed by atoms with Crippen molar-refractivity contribution in [1.82, 2.24) is 14.8 Å². The van der Waals surface area contributed by atoms with Gasteiger partial charge in [-0.3, -0.25) is 4.79 Å². The number of carbonyl (C=O) groups excluding carboxylic acids is 1. The van der Waals surface area contributed by atoms with E-state index in [1.165, 1.54) is 23.7 Å². The minimum Gasteiger partial charge on any atom is -0.483 e. The van der Waals surface area contributed by atoms with Gasteiger partial charge in [-0.1, -0.05) is 17.7 Å². The van der Waals surface area contributed by atoms with Crippen molar-refractivity contribution in [3.8, 4) is 17.1 Å². The van der Waals surface area contributed by atoms with Gasteiger partial charge in [0.05, 0.1) is 27.9 Å². The number of ether oxygens (including phenoxy) is 1. The quantitative estimate of drug-likeness (QED) is 0.407. The standard InChI is InChI=1S/C22H18ClF5N4O3/c1-10(33)20-30-19(31-32(20)11-5-6-11)12-8-17(35-9-22(26,27)28)13(7-16(12)25)21(34)29-18-14(23)3-2-4-15(18)24/h2-4,7-8,10-11,33H,5-6,9H2,1H3,(H,29,34)/t10-/m0/s1. The van der Waals surface area contributed by atoms with E-state index in [1.54, 1.807) is 0 Å². The number of rotatable bonds is 7. The lowest BCUT2D eigenvalue weighted by molar-refractivity contribution is -0.153. The second-order valence-electron chi connectivity index (χ2n) is 7.93. The van der Waals surface area contributed by atoms with E-state index in [0.29, 0.717) is 6.07 Å². The Morgan fingerprint density at radius 2 is 2.00 bits per heavy atom. The number of hydrogen-bond donors (Lipinski definition) is 2. The first-order chi connectivity index (χ1) is 16.4. The molecule has 1 aliphatic rings. The second kappa shape index (κ2) is 9.42. The lowest BCUT2D eigenvalue weighted by atomic mass is 10.1. The van der Waals surface area contributed by atoms with Crippen LogP contribution < -0.4 is 10.1 Å². The van der Waals surface area contributed by atoms with E-state index in [1.807, 2.05) is 0 Å². The van der Waals surface area contributed by atoms with Crippen molar-refractivity contribution in [3.63, 3.8) is 0 Å². The van der Waals surface area contributed by atoms with Gasteiger partial charge in [0.1, 0.15) is 23.5 Å². The van der Waals surface area contributed by atoms with Crippen LogP contribution in [0.2, 0.25) is 5.02 Å². The molecule has 4 rings (SSSR count). The van der Waals surface area contributed by atoms with Gasteiger partial charge in [-0.2, -0.15) is 18.3 Å². The molecule has 1 saturated carbocycles. The van der Waals surface area contributed by atoms with Crippen molar-refractivity contribution in [1.29, 1.82) is 0 Å². The monoisotopic (exact) mass is 516 g/mol. The molecular weight excluding hydrogens is 499 g/mol. The van der Waals surface area contributed by atoms with Gasteiger partial charge < -0.3 is 15.2 Å². The van der Waals surface area contributed by atoms with Crippen LogP contribution in [0.3, 0.4) is 0 Å². The molecule has 0 saturated heterocycles. The van der Waals surface area contributed by atoms with Crippen LogP contribution in [0.1, 0.15) is 48.1 Å². The van der Waals surface area contributed by atoms with Crippen LogP contribution >= 0.6 is 11.6 Å². The Bertz CT molecular complexity index is 1230. The maximum atomic E-state index is 15.1. The zero-order chi connectivity index (χ0) is 25.5. The van der Waals surface area contributed by atoms with Crippen LogP contribution in [0.15, 0.2) is 30.3 Å². The Balaban J connectivity index is 1.75. The summed E-state index contributed by atoms with van der Waals surface area (Å²) in [7, 11) is 0. The summed E-state index contributed by atoms with van der Waals surface area (Å²) in [6.07, 6.45) is -4.23. The highest BCUT2D eigenvalue weighted by molar-refractivity contribution is 6.34. The fourth-order valence-electron chi connectivity index (χ4n) is 3.30. The topological polar surface area (TPSA) is 89.3 Å². The van der Waals surface area contributed by atoms with Gasteiger partial charge in [0.2, 0.25) is 0 Å². The third kappa shape index (κ3) is 5.54. The van der Waals surface area contributed by atoms with E-state index in [0.717, 1.165) is 25.0 Å². The van der Waals surface area contributed by atoms with E-state index in [-0.39, 0.29) is 28.3 Å². The summed E-state index contributed by atoms with van der Waals surface area (Å²) in [5.41, 5.74) is -1.41. The summed E-state index contributed by atoms with van der Waals surface area (Å²) in [4.78, 5) is 16.9. The molecule has 1 atom stereocenters. The fraction of sp³-hybridized carbons (Fsp3) is 0.318. The summed E-state index contributed by atoms with van der Waals surface area (Å²) < 4.78 is 74.0. The van der Waals surface area contributed by atoms with Crippen molar-refractivity contribution >= 4 is 23.2 Å². The highest BCUT2D eigenvalue weighted by Gasteiger charge is 2.32. The maximum Gasteiger partial charge on any atom is 0.422 e. The molecule has 0 spiro atoms. The molecule has 1 aliphatic carbocycles. The van der Waals surface area contributed by atoms with E-state index >= 15 is 4.39 Å². The molecule has 0 radical (unpaired) electrons. The average Bonchev–Trinajstić information content (AvgIpc) is 3.52. The van der Waals surface area contributed by atoms with Gasteiger partial charge in [-0.15, -0.1) is 0 Å². The predicted octanol–water partition coefficient (Wildman–Crippen LogP) is 5.46. The first kappa shape index (κ1) is 24.9. The minimum absolute atomic E-state index is 0.0274. The normalized spacial score (nSPS) is 14.6. The lowest BCUT2D eigenvalue weighted by Crippen LogP contribution is -2.22. The van der Waals surface area contributed by atoms with Crippen molar-refractivity contribution < 1.29 is 36.6 Å². The number of aromatic nitrogens is 3. The number of amides is 1. The van der Waals surface area contributed by atoms with Crippen LogP contribution in [0.4, 0.5) is 27.6 Å². The van der Waals surface area contributed by atoms with Gasteiger partial charge >= 0.3 is 6.18 Å². The van der Waals surface area contributed by atoms with Gasteiger partial charge in [-0.05, 0) is 44.0 Å². The van der Waals surface area contributed by atoms with E-state index in [9.17, 15) is 27.5 Å². The summed E-state index contributed by atoms with van der Waals surface area (Å²) in [6, 6.07) is 5.05. The average molecular weight is 517 g/mol. The Morgan fingerprint density at radius 3 is 2.60 bits per heavy atom. The lowest BCUT2D eigenvalue weighted by Gasteiger charge is -2.15. The number of carbonyl (C=O) groups is 1. The largest absolute Gasteiger partial charge is 0.483 e. The van der Waals surface area contributed by atoms with E-state index in [2.05, 4.69) is 15.4 Å². The number of benzene rings is 2. The number of nitrogens with zero attached hydrogens (tertiary/aromatic N) is 3. The Kier molecular flexibility index (Phi) is 6.69. The number of halogens is 6. The molecule has 186 valence electrons. The number of alkyl halides is 3. The zero-order valence-corrected chi connectivity index (χ0v) is 18.8. The molecule has 1 heterocycles. The highest BCUT2D eigenvalue weighted by Crippen LogP contribution is 2.38. The Hall–Kier alpha value is -3.25. The Labute approximate surface area is 200 Å². The zero-order valence-electron chi connectivity index (χ0n) is 18.0. The van der Waals surface area contributed by atoms with Crippen LogP contribution in [-0.2, 0) is 0 Å². The van der Waals surface area contributed by atoms with Gasteiger partial charge in [0.15, 0.2) is 18.3 Å². The van der Waals surface area contributed by atoms with Crippen molar-refractivity contribution in [2.24, 2.45) is 0 Å². The number of aliphatic hydroxyl groups excluding tert-OH is 1. The van der Waals surface area contributed by atoms with E-state index < -0.39 is 53.4 Å². The Morgan fingerprint density at radius 1 is 1.29 bits per heavy atom. The van der Waals surface area contributed by atoms with Crippen LogP contribution in [0.25, 0.3) is 11.4 Å². The van der Waals surface area contributed by atoms with Crippen molar-refractivity contribution in [2.75, 3.05) is 11.9 Å². The van der Waals surface area contributed by atoms with Crippen LogP contribution in [0.5, 0.6) is 5.75 Å². The molecule has 1 amide bonds. The second-order valence-corrected chi connectivity index (χ2v) is 8.34. The third-order valence-corrected chi connectivity index (χ3v) is 5.39. The molecule has 0 aliphatic heterocycles. The van der Waals surface area contributed by atoms with Gasteiger partial charge in [-0.25, -0.2) is 18.4 Å². The third-order valence-electron chi connectivity index (χ3n) is 5.07. The van der Waals surface area contributed by atoms with Crippen molar-refractivity contribution in [3.05, 3.63) is 58.4 Å².